The summed E-state index contributed by atoms with van der Waals surface area (Å²) >= 11 is 5.94. The number of halogens is 1. The lowest BCUT2D eigenvalue weighted by Gasteiger charge is -2.32. The highest BCUT2D eigenvalue weighted by molar-refractivity contribution is 6.30. The van der Waals surface area contributed by atoms with Gasteiger partial charge >= 0.3 is 0 Å². The summed E-state index contributed by atoms with van der Waals surface area (Å²) in [6.45, 7) is 2.34. The van der Waals surface area contributed by atoms with Crippen LogP contribution in [0.3, 0.4) is 0 Å². The molecule has 4 heteroatoms. The highest BCUT2D eigenvalue weighted by atomic mass is 35.5. The minimum Gasteiger partial charge on any atom is -0.464 e. The van der Waals surface area contributed by atoms with Crippen LogP contribution in [0, 0.1) is 0 Å². The summed E-state index contributed by atoms with van der Waals surface area (Å²) in [7, 11) is 0. The normalized spacial score (nSPS) is 17.2. The van der Waals surface area contributed by atoms with Crippen LogP contribution in [0.15, 0.2) is 24.3 Å². The fourth-order valence-corrected chi connectivity index (χ4v) is 2.19. The van der Waals surface area contributed by atoms with Crippen LogP contribution < -0.4 is 4.90 Å². The average molecular weight is 240 g/mol. The van der Waals surface area contributed by atoms with Crippen molar-refractivity contribution < 1.29 is 9.53 Å². The Bertz CT molecular complexity index is 362. The molecule has 2 rings (SSSR count). The molecule has 1 aliphatic heterocycles. The number of hydrogen-bond donors (Lipinski definition) is 0. The highest BCUT2D eigenvalue weighted by Crippen LogP contribution is 2.23. The van der Waals surface area contributed by atoms with Gasteiger partial charge in [0, 0.05) is 36.6 Å². The zero-order chi connectivity index (χ0) is 11.4. The first-order valence-corrected chi connectivity index (χ1v) is 5.77. The molecule has 0 aliphatic carbocycles. The van der Waals surface area contributed by atoms with Crippen molar-refractivity contribution in [3.63, 3.8) is 0 Å². The third-order valence-corrected chi connectivity index (χ3v) is 3.10. The Morgan fingerprint density at radius 2 is 2.12 bits per heavy atom. The summed E-state index contributed by atoms with van der Waals surface area (Å²) < 4.78 is 4.96. The van der Waals surface area contributed by atoms with Crippen molar-refractivity contribution in [3.8, 4) is 0 Å². The van der Waals surface area contributed by atoms with Crippen molar-refractivity contribution >= 4 is 23.8 Å². The maximum Gasteiger partial charge on any atom is 0.293 e. The summed E-state index contributed by atoms with van der Waals surface area (Å²) in [4.78, 5) is 12.5. The maximum atomic E-state index is 10.2. The molecule has 1 fully saturated rings. The number of ether oxygens (including phenoxy) is 1. The molecule has 0 unspecified atom stereocenters. The number of rotatable bonds is 3. The van der Waals surface area contributed by atoms with Crippen LogP contribution in [0.25, 0.3) is 0 Å². The second kappa shape index (κ2) is 5.21. The second-order valence-electron chi connectivity index (χ2n) is 3.90. The SMILES string of the molecule is O=COC1CCN(c2cccc(Cl)c2)CC1. The maximum absolute atomic E-state index is 10.2. The third kappa shape index (κ3) is 2.67. The van der Waals surface area contributed by atoms with E-state index in [1.54, 1.807) is 0 Å². The fourth-order valence-electron chi connectivity index (χ4n) is 2.00. The van der Waals surface area contributed by atoms with Gasteiger partial charge in [-0.05, 0) is 18.2 Å². The number of piperidine rings is 1. The van der Waals surface area contributed by atoms with E-state index in [2.05, 4.69) is 4.90 Å². The zero-order valence-electron chi connectivity index (χ0n) is 8.93. The standard InChI is InChI=1S/C12H14ClNO2/c13-10-2-1-3-11(8-10)14-6-4-12(5-7-14)16-9-15/h1-3,8-9,12H,4-7H2. The average Bonchev–Trinajstić information content (AvgIpc) is 2.30. The number of carbonyl (C=O) groups excluding carboxylic acids is 1. The van der Waals surface area contributed by atoms with E-state index in [0.717, 1.165) is 36.6 Å². The molecule has 3 nitrogen and oxygen atoms in total. The fraction of sp³-hybridized carbons (Fsp3) is 0.417. The van der Waals surface area contributed by atoms with Crippen LogP contribution >= 0.6 is 11.6 Å². The van der Waals surface area contributed by atoms with E-state index in [1.807, 2.05) is 24.3 Å². The van der Waals surface area contributed by atoms with Crippen molar-refractivity contribution in [1.29, 1.82) is 0 Å². The Morgan fingerprint density at radius 1 is 1.38 bits per heavy atom. The molecule has 0 saturated carbocycles. The van der Waals surface area contributed by atoms with Gasteiger partial charge in [-0.15, -0.1) is 0 Å². The van der Waals surface area contributed by atoms with Crippen molar-refractivity contribution in [2.45, 2.75) is 18.9 Å². The molecule has 16 heavy (non-hydrogen) atoms. The van der Waals surface area contributed by atoms with E-state index < -0.39 is 0 Å². The van der Waals surface area contributed by atoms with E-state index in [9.17, 15) is 4.79 Å². The predicted molar refractivity (Wildman–Crippen MR) is 63.8 cm³/mol. The van der Waals surface area contributed by atoms with Crippen LogP contribution in [0.1, 0.15) is 12.8 Å². The number of carbonyl (C=O) groups is 1. The van der Waals surface area contributed by atoms with E-state index in [0.29, 0.717) is 6.47 Å². The number of hydrogen-bond acceptors (Lipinski definition) is 3. The van der Waals surface area contributed by atoms with Crippen molar-refractivity contribution in [1.82, 2.24) is 0 Å². The van der Waals surface area contributed by atoms with Crippen molar-refractivity contribution in [2.75, 3.05) is 18.0 Å². The summed E-state index contributed by atoms with van der Waals surface area (Å²) in [6, 6.07) is 7.83. The summed E-state index contributed by atoms with van der Waals surface area (Å²) in [5, 5.41) is 0.753. The molecule has 0 bridgehead atoms. The predicted octanol–water partition coefficient (Wildman–Crippen LogP) is 2.48. The Labute approximate surface area is 100.0 Å². The van der Waals surface area contributed by atoms with Crippen molar-refractivity contribution in [2.24, 2.45) is 0 Å². The van der Waals surface area contributed by atoms with Gasteiger partial charge in [-0.2, -0.15) is 0 Å². The molecular formula is C12H14ClNO2. The largest absolute Gasteiger partial charge is 0.464 e. The van der Waals surface area contributed by atoms with Gasteiger partial charge in [0.05, 0.1) is 0 Å². The smallest absolute Gasteiger partial charge is 0.293 e. The van der Waals surface area contributed by atoms with Crippen LogP contribution in [0.5, 0.6) is 0 Å². The number of nitrogens with zero attached hydrogens (tertiary/aromatic N) is 1. The molecule has 0 N–H and O–H groups in total. The molecular weight excluding hydrogens is 226 g/mol. The summed E-state index contributed by atoms with van der Waals surface area (Å²) in [5.74, 6) is 0. The third-order valence-electron chi connectivity index (χ3n) is 2.86. The second-order valence-corrected chi connectivity index (χ2v) is 4.34. The quantitative estimate of drug-likeness (QED) is 0.759. The van der Waals surface area contributed by atoms with Crippen LogP contribution in [-0.2, 0) is 9.53 Å². The van der Waals surface area contributed by atoms with Crippen LogP contribution in [0.4, 0.5) is 5.69 Å². The van der Waals surface area contributed by atoms with Gasteiger partial charge in [0.25, 0.3) is 6.47 Å². The molecule has 1 aromatic rings. The monoisotopic (exact) mass is 239 g/mol. The molecule has 1 aliphatic rings. The van der Waals surface area contributed by atoms with E-state index in [-0.39, 0.29) is 6.10 Å². The Balaban J connectivity index is 1.96. The van der Waals surface area contributed by atoms with Gasteiger partial charge in [-0.1, -0.05) is 17.7 Å². The topological polar surface area (TPSA) is 29.5 Å². The molecule has 0 spiro atoms. The number of anilines is 1. The van der Waals surface area contributed by atoms with Gasteiger partial charge in [0.2, 0.25) is 0 Å². The minimum absolute atomic E-state index is 0.0768. The van der Waals surface area contributed by atoms with Gasteiger partial charge in [-0.25, -0.2) is 0 Å². The highest BCUT2D eigenvalue weighted by Gasteiger charge is 2.20. The molecule has 1 heterocycles. The summed E-state index contributed by atoms with van der Waals surface area (Å²) in [6.07, 6.45) is 1.84. The molecule has 1 aromatic carbocycles. The molecule has 0 amide bonds. The van der Waals surface area contributed by atoms with Gasteiger partial charge < -0.3 is 9.64 Å². The van der Waals surface area contributed by atoms with Gasteiger partial charge in [0.15, 0.2) is 0 Å². The minimum atomic E-state index is 0.0768. The molecule has 0 atom stereocenters. The Hall–Kier alpha value is -1.22. The molecule has 0 radical (unpaired) electrons. The Kier molecular flexibility index (Phi) is 3.67. The number of benzene rings is 1. The zero-order valence-corrected chi connectivity index (χ0v) is 9.69. The molecule has 0 aromatic heterocycles. The first-order valence-electron chi connectivity index (χ1n) is 5.39. The Morgan fingerprint density at radius 3 is 2.75 bits per heavy atom. The first kappa shape index (κ1) is 11.3. The van der Waals surface area contributed by atoms with Crippen molar-refractivity contribution in [3.05, 3.63) is 29.3 Å². The van der Waals surface area contributed by atoms with Gasteiger partial charge in [-0.3, -0.25) is 4.79 Å². The molecule has 1 saturated heterocycles. The van der Waals surface area contributed by atoms with Crippen LogP contribution in [-0.4, -0.2) is 25.7 Å². The lowest BCUT2D eigenvalue weighted by Crippen LogP contribution is -2.36. The first-order chi connectivity index (χ1) is 7.79. The summed E-state index contributed by atoms with van der Waals surface area (Å²) in [5.41, 5.74) is 1.14. The van der Waals surface area contributed by atoms with E-state index >= 15 is 0 Å². The van der Waals surface area contributed by atoms with Gasteiger partial charge in [0.1, 0.15) is 6.10 Å². The van der Waals surface area contributed by atoms with E-state index in [1.165, 1.54) is 0 Å². The molecule has 86 valence electrons. The lowest BCUT2D eigenvalue weighted by molar-refractivity contribution is -0.134. The van der Waals surface area contributed by atoms with Crippen LogP contribution in [0.2, 0.25) is 5.02 Å². The lowest BCUT2D eigenvalue weighted by atomic mass is 10.1. The van der Waals surface area contributed by atoms with E-state index in [4.69, 9.17) is 16.3 Å².